The molecular formula is C15H28N2O4. The highest BCUT2D eigenvalue weighted by Crippen LogP contribution is 2.14. The Bertz CT molecular complexity index is 336. The van der Waals surface area contributed by atoms with Gasteiger partial charge in [0.15, 0.2) is 0 Å². The standard InChI is InChI=1S/C15H28N2O4/c1-3-7-16-13-10-21-9-12(13)15(20)17-8-6-11(2)4-5-14(18)19/h11-13,16H,3-10H2,1-2H3,(H,17,20)(H,18,19). The van der Waals surface area contributed by atoms with E-state index in [1.54, 1.807) is 0 Å². The second-order valence-corrected chi connectivity index (χ2v) is 5.82. The van der Waals surface area contributed by atoms with Crippen LogP contribution in [0.15, 0.2) is 0 Å². The largest absolute Gasteiger partial charge is 0.481 e. The van der Waals surface area contributed by atoms with E-state index in [2.05, 4.69) is 17.6 Å². The molecule has 0 aliphatic carbocycles. The molecule has 1 aliphatic rings. The van der Waals surface area contributed by atoms with Crippen LogP contribution in [-0.2, 0) is 14.3 Å². The fraction of sp³-hybridized carbons (Fsp3) is 0.867. The monoisotopic (exact) mass is 300 g/mol. The average Bonchev–Trinajstić information content (AvgIpc) is 2.91. The molecule has 0 bridgehead atoms. The summed E-state index contributed by atoms with van der Waals surface area (Å²) >= 11 is 0. The number of aliphatic carboxylic acids is 1. The third-order valence-electron chi connectivity index (χ3n) is 3.86. The van der Waals surface area contributed by atoms with E-state index >= 15 is 0 Å². The van der Waals surface area contributed by atoms with Crippen LogP contribution in [0.2, 0.25) is 0 Å². The summed E-state index contributed by atoms with van der Waals surface area (Å²) in [5, 5.41) is 14.9. The first-order chi connectivity index (χ1) is 10.0. The number of hydrogen-bond acceptors (Lipinski definition) is 4. The van der Waals surface area contributed by atoms with E-state index in [4.69, 9.17) is 9.84 Å². The Morgan fingerprint density at radius 2 is 2.05 bits per heavy atom. The Morgan fingerprint density at radius 1 is 1.29 bits per heavy atom. The van der Waals surface area contributed by atoms with Gasteiger partial charge in [-0.15, -0.1) is 0 Å². The van der Waals surface area contributed by atoms with Crippen molar-refractivity contribution >= 4 is 11.9 Å². The fourth-order valence-corrected chi connectivity index (χ4v) is 2.43. The SMILES string of the molecule is CCCNC1COCC1C(=O)NCCC(C)CCC(=O)O. The van der Waals surface area contributed by atoms with Gasteiger partial charge >= 0.3 is 5.97 Å². The maximum Gasteiger partial charge on any atom is 0.303 e. The van der Waals surface area contributed by atoms with Gasteiger partial charge in [0.25, 0.3) is 0 Å². The van der Waals surface area contributed by atoms with Crippen molar-refractivity contribution in [2.45, 2.75) is 45.6 Å². The first-order valence-corrected chi connectivity index (χ1v) is 7.85. The zero-order valence-electron chi connectivity index (χ0n) is 13.1. The quantitative estimate of drug-likeness (QED) is 0.560. The molecule has 1 heterocycles. The molecule has 1 amide bonds. The molecule has 6 heteroatoms. The normalized spacial score (nSPS) is 23.0. The van der Waals surface area contributed by atoms with Crippen LogP contribution in [0.3, 0.4) is 0 Å². The van der Waals surface area contributed by atoms with Gasteiger partial charge in [-0.1, -0.05) is 13.8 Å². The molecule has 1 rings (SSSR count). The third kappa shape index (κ3) is 6.91. The number of hydrogen-bond donors (Lipinski definition) is 3. The molecule has 0 aromatic rings. The van der Waals surface area contributed by atoms with E-state index < -0.39 is 5.97 Å². The lowest BCUT2D eigenvalue weighted by atomic mass is 10.0. The second kappa shape index (κ2) is 9.73. The van der Waals surface area contributed by atoms with Crippen LogP contribution in [-0.4, -0.2) is 49.3 Å². The number of rotatable bonds is 10. The summed E-state index contributed by atoms with van der Waals surface area (Å²) in [7, 11) is 0. The molecule has 1 saturated heterocycles. The highest BCUT2D eigenvalue weighted by Gasteiger charge is 2.33. The molecule has 0 spiro atoms. The summed E-state index contributed by atoms with van der Waals surface area (Å²) < 4.78 is 5.39. The summed E-state index contributed by atoms with van der Waals surface area (Å²) in [5.74, 6) is -0.550. The lowest BCUT2D eigenvalue weighted by Gasteiger charge is -2.19. The summed E-state index contributed by atoms with van der Waals surface area (Å²) in [6.07, 6.45) is 2.68. The number of nitrogens with one attached hydrogen (secondary N) is 2. The van der Waals surface area contributed by atoms with E-state index in [9.17, 15) is 9.59 Å². The van der Waals surface area contributed by atoms with Crippen molar-refractivity contribution in [1.82, 2.24) is 10.6 Å². The molecule has 0 saturated carbocycles. The number of carboxylic acids is 1. The fourth-order valence-electron chi connectivity index (χ4n) is 2.43. The highest BCUT2D eigenvalue weighted by atomic mass is 16.5. The molecule has 0 aromatic heterocycles. The third-order valence-corrected chi connectivity index (χ3v) is 3.86. The van der Waals surface area contributed by atoms with Crippen LogP contribution in [0.1, 0.15) is 39.5 Å². The van der Waals surface area contributed by atoms with Gasteiger partial charge in [0.2, 0.25) is 5.91 Å². The summed E-state index contributed by atoms with van der Waals surface area (Å²) in [6.45, 7) is 6.66. The van der Waals surface area contributed by atoms with Gasteiger partial charge in [0, 0.05) is 19.0 Å². The van der Waals surface area contributed by atoms with Crippen molar-refractivity contribution in [2.24, 2.45) is 11.8 Å². The molecule has 1 aliphatic heterocycles. The van der Waals surface area contributed by atoms with Crippen molar-refractivity contribution in [3.8, 4) is 0 Å². The molecule has 0 aromatic carbocycles. The van der Waals surface area contributed by atoms with Crippen molar-refractivity contribution in [1.29, 1.82) is 0 Å². The molecule has 122 valence electrons. The zero-order valence-corrected chi connectivity index (χ0v) is 13.1. The van der Waals surface area contributed by atoms with Gasteiger partial charge in [-0.25, -0.2) is 0 Å². The van der Waals surface area contributed by atoms with E-state index in [1.165, 1.54) is 0 Å². The van der Waals surface area contributed by atoms with Crippen molar-refractivity contribution in [3.05, 3.63) is 0 Å². The first-order valence-electron chi connectivity index (χ1n) is 7.85. The molecular weight excluding hydrogens is 272 g/mol. The smallest absolute Gasteiger partial charge is 0.303 e. The van der Waals surface area contributed by atoms with Crippen LogP contribution in [0.5, 0.6) is 0 Å². The van der Waals surface area contributed by atoms with Gasteiger partial charge in [-0.05, 0) is 31.7 Å². The summed E-state index contributed by atoms with van der Waals surface area (Å²) in [6, 6.07) is 0.106. The Morgan fingerprint density at radius 3 is 2.71 bits per heavy atom. The molecule has 0 radical (unpaired) electrons. The highest BCUT2D eigenvalue weighted by molar-refractivity contribution is 5.79. The Balaban J connectivity index is 2.21. The van der Waals surface area contributed by atoms with Crippen molar-refractivity contribution < 1.29 is 19.4 Å². The first kappa shape index (κ1) is 17.9. The van der Waals surface area contributed by atoms with Crippen LogP contribution in [0.4, 0.5) is 0 Å². The zero-order chi connectivity index (χ0) is 15.7. The second-order valence-electron chi connectivity index (χ2n) is 5.82. The van der Waals surface area contributed by atoms with Crippen molar-refractivity contribution in [3.63, 3.8) is 0 Å². The predicted molar refractivity (Wildman–Crippen MR) is 80.1 cm³/mol. The van der Waals surface area contributed by atoms with Crippen LogP contribution >= 0.6 is 0 Å². The van der Waals surface area contributed by atoms with Crippen LogP contribution in [0, 0.1) is 11.8 Å². The predicted octanol–water partition coefficient (Wildman–Crippen LogP) is 1.01. The number of ether oxygens (including phenoxy) is 1. The molecule has 1 fully saturated rings. The maximum atomic E-state index is 12.1. The molecule has 3 atom stereocenters. The lowest BCUT2D eigenvalue weighted by Crippen LogP contribution is -2.44. The van der Waals surface area contributed by atoms with E-state index in [-0.39, 0.29) is 24.3 Å². The molecule has 21 heavy (non-hydrogen) atoms. The number of carboxylic acid groups (broad SMARTS) is 1. The van der Waals surface area contributed by atoms with Gasteiger partial charge in [-0.2, -0.15) is 0 Å². The summed E-state index contributed by atoms with van der Waals surface area (Å²) in [5.41, 5.74) is 0. The Hall–Kier alpha value is -1.14. The lowest BCUT2D eigenvalue weighted by molar-refractivity contribution is -0.137. The Kier molecular flexibility index (Phi) is 8.30. The maximum absolute atomic E-state index is 12.1. The van der Waals surface area contributed by atoms with E-state index in [1.807, 2.05) is 6.92 Å². The van der Waals surface area contributed by atoms with Crippen molar-refractivity contribution in [2.75, 3.05) is 26.3 Å². The Labute approximate surface area is 126 Å². The van der Waals surface area contributed by atoms with Gasteiger partial charge in [0.1, 0.15) is 0 Å². The minimum Gasteiger partial charge on any atom is -0.481 e. The van der Waals surface area contributed by atoms with Crippen LogP contribution < -0.4 is 10.6 Å². The number of amides is 1. The number of carbonyl (C=O) groups is 2. The number of carbonyl (C=O) groups excluding carboxylic acids is 1. The van der Waals surface area contributed by atoms with Gasteiger partial charge < -0.3 is 20.5 Å². The summed E-state index contributed by atoms with van der Waals surface area (Å²) in [4.78, 5) is 22.6. The van der Waals surface area contributed by atoms with E-state index in [0.717, 1.165) is 19.4 Å². The topological polar surface area (TPSA) is 87.7 Å². The average molecular weight is 300 g/mol. The minimum absolute atomic E-state index is 0.0338. The molecule has 6 nitrogen and oxygen atoms in total. The van der Waals surface area contributed by atoms with Gasteiger partial charge in [-0.3, -0.25) is 9.59 Å². The minimum atomic E-state index is -0.765. The van der Waals surface area contributed by atoms with Crippen LogP contribution in [0.25, 0.3) is 0 Å². The van der Waals surface area contributed by atoms with Gasteiger partial charge in [0.05, 0.1) is 19.1 Å². The van der Waals surface area contributed by atoms with E-state index in [0.29, 0.717) is 32.1 Å². The molecule has 3 N–H and O–H groups in total. The molecule has 3 unspecified atom stereocenters.